The summed E-state index contributed by atoms with van der Waals surface area (Å²) in [5.74, 6) is 0.921. The molecular weight excluding hydrogens is 281 g/mol. The monoisotopic (exact) mass is 295 g/mol. The SMILES string of the molecule is Cc1cccc(Cl)c1Nc1ncnc(Cl)c1C(C)C. The summed E-state index contributed by atoms with van der Waals surface area (Å²) < 4.78 is 0. The Labute approximate surface area is 123 Å². The highest BCUT2D eigenvalue weighted by Crippen LogP contribution is 2.33. The molecule has 1 aromatic heterocycles. The normalized spacial score (nSPS) is 10.8. The molecule has 100 valence electrons. The second-order valence-electron chi connectivity index (χ2n) is 4.64. The number of halogens is 2. The van der Waals surface area contributed by atoms with Gasteiger partial charge in [-0.3, -0.25) is 0 Å². The summed E-state index contributed by atoms with van der Waals surface area (Å²) in [6, 6.07) is 5.75. The van der Waals surface area contributed by atoms with Crippen LogP contribution in [-0.4, -0.2) is 9.97 Å². The van der Waals surface area contributed by atoms with E-state index in [9.17, 15) is 0 Å². The van der Waals surface area contributed by atoms with Gasteiger partial charge in [0.1, 0.15) is 17.3 Å². The van der Waals surface area contributed by atoms with Gasteiger partial charge in [0.25, 0.3) is 0 Å². The summed E-state index contributed by atoms with van der Waals surface area (Å²) in [4.78, 5) is 8.30. The highest BCUT2D eigenvalue weighted by Gasteiger charge is 2.15. The van der Waals surface area contributed by atoms with Gasteiger partial charge in [0.2, 0.25) is 0 Å². The molecule has 0 fully saturated rings. The van der Waals surface area contributed by atoms with Crippen LogP contribution in [-0.2, 0) is 0 Å². The van der Waals surface area contributed by atoms with Crippen LogP contribution in [0.2, 0.25) is 10.2 Å². The third-order valence-electron chi connectivity index (χ3n) is 2.88. The minimum Gasteiger partial charge on any atom is -0.338 e. The van der Waals surface area contributed by atoms with E-state index >= 15 is 0 Å². The first-order valence-electron chi connectivity index (χ1n) is 6.03. The zero-order valence-electron chi connectivity index (χ0n) is 11.0. The predicted molar refractivity (Wildman–Crippen MR) is 80.6 cm³/mol. The van der Waals surface area contributed by atoms with Gasteiger partial charge in [-0.1, -0.05) is 49.2 Å². The van der Waals surface area contributed by atoms with E-state index in [4.69, 9.17) is 23.2 Å². The van der Waals surface area contributed by atoms with Crippen molar-refractivity contribution in [3.8, 4) is 0 Å². The average molecular weight is 296 g/mol. The van der Waals surface area contributed by atoms with Crippen molar-refractivity contribution in [1.29, 1.82) is 0 Å². The molecule has 3 nitrogen and oxygen atoms in total. The predicted octanol–water partition coefficient (Wildman–Crippen LogP) is 4.96. The minimum absolute atomic E-state index is 0.221. The van der Waals surface area contributed by atoms with Gasteiger partial charge in [0.05, 0.1) is 10.7 Å². The fraction of sp³-hybridized carbons (Fsp3) is 0.286. The number of hydrogen-bond donors (Lipinski definition) is 1. The lowest BCUT2D eigenvalue weighted by molar-refractivity contribution is 0.850. The zero-order chi connectivity index (χ0) is 14.0. The molecule has 0 saturated carbocycles. The van der Waals surface area contributed by atoms with Crippen molar-refractivity contribution in [3.63, 3.8) is 0 Å². The summed E-state index contributed by atoms with van der Waals surface area (Å²) in [5.41, 5.74) is 2.79. The van der Waals surface area contributed by atoms with Crippen LogP contribution < -0.4 is 5.32 Å². The van der Waals surface area contributed by atoms with Gasteiger partial charge in [-0.2, -0.15) is 0 Å². The molecule has 2 aromatic rings. The van der Waals surface area contributed by atoms with E-state index in [-0.39, 0.29) is 5.92 Å². The molecule has 1 N–H and O–H groups in total. The van der Waals surface area contributed by atoms with Crippen molar-refractivity contribution < 1.29 is 0 Å². The third-order valence-corrected chi connectivity index (χ3v) is 3.49. The van der Waals surface area contributed by atoms with Crippen molar-refractivity contribution in [2.24, 2.45) is 0 Å². The molecule has 0 spiro atoms. The maximum Gasteiger partial charge on any atom is 0.138 e. The fourth-order valence-corrected chi connectivity index (χ4v) is 2.51. The highest BCUT2D eigenvalue weighted by atomic mass is 35.5. The Morgan fingerprint density at radius 2 is 1.89 bits per heavy atom. The smallest absolute Gasteiger partial charge is 0.138 e. The average Bonchev–Trinajstić information content (AvgIpc) is 2.33. The Balaban J connectivity index is 2.47. The lowest BCUT2D eigenvalue weighted by Crippen LogP contribution is -2.04. The molecule has 0 amide bonds. The molecule has 0 unspecified atom stereocenters. The number of nitrogens with one attached hydrogen (secondary N) is 1. The molecular formula is C14H15Cl2N3. The molecule has 5 heteroatoms. The van der Waals surface area contributed by atoms with Crippen LogP contribution in [0.5, 0.6) is 0 Å². The lowest BCUT2D eigenvalue weighted by Gasteiger charge is -2.16. The molecule has 0 aliphatic heterocycles. The van der Waals surface area contributed by atoms with Crippen molar-refractivity contribution in [2.45, 2.75) is 26.7 Å². The van der Waals surface area contributed by atoms with Crippen LogP contribution in [0.15, 0.2) is 24.5 Å². The second kappa shape index (κ2) is 5.76. The summed E-state index contributed by atoms with van der Waals surface area (Å²) in [7, 11) is 0. The first-order chi connectivity index (χ1) is 9.00. The maximum absolute atomic E-state index is 6.21. The van der Waals surface area contributed by atoms with Crippen LogP contribution in [0.3, 0.4) is 0 Å². The first kappa shape index (κ1) is 14.1. The first-order valence-corrected chi connectivity index (χ1v) is 6.78. The number of aromatic nitrogens is 2. The molecule has 19 heavy (non-hydrogen) atoms. The maximum atomic E-state index is 6.21. The van der Waals surface area contributed by atoms with Gasteiger partial charge in [0.15, 0.2) is 0 Å². The van der Waals surface area contributed by atoms with Crippen molar-refractivity contribution in [2.75, 3.05) is 5.32 Å². The van der Waals surface area contributed by atoms with Gasteiger partial charge < -0.3 is 5.32 Å². The quantitative estimate of drug-likeness (QED) is 0.813. The van der Waals surface area contributed by atoms with Crippen molar-refractivity contribution >= 4 is 34.7 Å². The van der Waals surface area contributed by atoms with E-state index in [1.807, 2.05) is 25.1 Å². The molecule has 0 radical (unpaired) electrons. The van der Waals surface area contributed by atoms with E-state index in [1.54, 1.807) is 0 Å². The van der Waals surface area contributed by atoms with Crippen LogP contribution >= 0.6 is 23.2 Å². The molecule has 0 aliphatic carbocycles. The second-order valence-corrected chi connectivity index (χ2v) is 5.40. The van der Waals surface area contributed by atoms with Gasteiger partial charge in [-0.05, 0) is 24.5 Å². The molecule has 0 saturated heterocycles. The minimum atomic E-state index is 0.221. The number of anilines is 2. The Hall–Kier alpha value is -1.32. The molecule has 0 atom stereocenters. The van der Waals surface area contributed by atoms with Gasteiger partial charge in [-0.25, -0.2) is 9.97 Å². The van der Waals surface area contributed by atoms with Gasteiger partial charge >= 0.3 is 0 Å². The Kier molecular flexibility index (Phi) is 4.27. The number of nitrogens with zero attached hydrogens (tertiary/aromatic N) is 2. The molecule has 2 rings (SSSR count). The van der Waals surface area contributed by atoms with Gasteiger partial charge in [-0.15, -0.1) is 0 Å². The molecule has 1 aromatic carbocycles. The summed E-state index contributed by atoms with van der Waals surface area (Å²) in [6.07, 6.45) is 1.45. The number of rotatable bonds is 3. The topological polar surface area (TPSA) is 37.8 Å². The number of para-hydroxylation sites is 1. The Morgan fingerprint density at radius 1 is 1.16 bits per heavy atom. The third kappa shape index (κ3) is 2.99. The summed E-state index contributed by atoms with van der Waals surface area (Å²) >= 11 is 12.4. The molecule has 0 aliphatic rings. The Bertz CT molecular complexity index is 577. The van der Waals surface area contributed by atoms with Crippen LogP contribution in [0.4, 0.5) is 11.5 Å². The van der Waals surface area contributed by atoms with Gasteiger partial charge in [0, 0.05) is 5.56 Å². The largest absolute Gasteiger partial charge is 0.338 e. The number of hydrogen-bond acceptors (Lipinski definition) is 3. The van der Waals surface area contributed by atoms with Crippen LogP contribution in [0, 0.1) is 6.92 Å². The standard InChI is InChI=1S/C14H15Cl2N3/c1-8(2)11-13(16)17-7-18-14(11)19-12-9(3)5-4-6-10(12)15/h4-8H,1-3H3,(H,17,18,19). The van der Waals surface area contributed by atoms with Crippen molar-refractivity contribution in [3.05, 3.63) is 45.8 Å². The van der Waals surface area contributed by atoms with E-state index < -0.39 is 0 Å². The lowest BCUT2D eigenvalue weighted by atomic mass is 10.1. The molecule has 0 bridgehead atoms. The number of aryl methyl sites for hydroxylation is 1. The van der Waals surface area contributed by atoms with E-state index in [0.29, 0.717) is 16.0 Å². The van der Waals surface area contributed by atoms with Crippen molar-refractivity contribution in [1.82, 2.24) is 9.97 Å². The highest BCUT2D eigenvalue weighted by molar-refractivity contribution is 6.33. The van der Waals surface area contributed by atoms with E-state index in [0.717, 1.165) is 16.8 Å². The van der Waals surface area contributed by atoms with E-state index in [1.165, 1.54) is 6.33 Å². The van der Waals surface area contributed by atoms with Crippen LogP contribution in [0.1, 0.15) is 30.9 Å². The summed E-state index contributed by atoms with van der Waals surface area (Å²) in [6.45, 7) is 6.09. The fourth-order valence-electron chi connectivity index (χ4n) is 1.89. The zero-order valence-corrected chi connectivity index (χ0v) is 12.5. The summed E-state index contributed by atoms with van der Waals surface area (Å²) in [5, 5.41) is 4.39. The number of benzene rings is 1. The van der Waals surface area contributed by atoms with Crippen LogP contribution in [0.25, 0.3) is 0 Å². The van der Waals surface area contributed by atoms with E-state index in [2.05, 4.69) is 29.1 Å². The molecule has 1 heterocycles. The Morgan fingerprint density at radius 3 is 2.53 bits per heavy atom.